The Morgan fingerprint density at radius 1 is 0.692 bits per heavy atom. The van der Waals surface area contributed by atoms with Crippen molar-refractivity contribution in [3.05, 3.63) is 90.0 Å². The number of halogens is 1. The number of nitrogens with zero attached hydrogens (tertiary/aromatic N) is 3. The van der Waals surface area contributed by atoms with Crippen LogP contribution in [0.1, 0.15) is 11.3 Å². The lowest BCUT2D eigenvalue weighted by Gasteiger charge is -2.34. The quantitative estimate of drug-likeness (QED) is 0.691. The highest BCUT2D eigenvalue weighted by molar-refractivity contribution is 5.36. The van der Waals surface area contributed by atoms with Crippen LogP contribution in [0.3, 0.4) is 0 Å². The number of rotatable bonds is 5. The third-order valence-corrected chi connectivity index (χ3v) is 5.04. The molecule has 2 aromatic carbocycles. The summed E-state index contributed by atoms with van der Waals surface area (Å²) < 4.78 is 16.1. The number of para-hydroxylation sites is 1. The minimum atomic E-state index is -0.183. The molecule has 4 rings (SSSR count). The second kappa shape index (κ2) is 7.85. The van der Waals surface area contributed by atoms with Crippen LogP contribution < -0.4 is 0 Å². The van der Waals surface area contributed by atoms with Gasteiger partial charge in [-0.3, -0.25) is 9.80 Å². The Bertz CT molecular complexity index is 835. The summed E-state index contributed by atoms with van der Waals surface area (Å²) in [6, 6.07) is 21.7. The molecular weight excluding hydrogens is 325 g/mol. The lowest BCUT2D eigenvalue weighted by molar-refractivity contribution is 0.120. The molecule has 0 bridgehead atoms. The predicted molar refractivity (Wildman–Crippen MR) is 103 cm³/mol. The van der Waals surface area contributed by atoms with Gasteiger partial charge in [-0.1, -0.05) is 42.5 Å². The largest absolute Gasteiger partial charge is 0.317 e. The summed E-state index contributed by atoms with van der Waals surface area (Å²) in [5.74, 6) is -0.183. The van der Waals surface area contributed by atoms with Crippen LogP contribution in [0.15, 0.2) is 72.9 Å². The third-order valence-electron chi connectivity index (χ3n) is 5.04. The van der Waals surface area contributed by atoms with Crippen molar-refractivity contribution in [1.29, 1.82) is 0 Å². The minimum Gasteiger partial charge on any atom is -0.317 e. The van der Waals surface area contributed by atoms with Crippen LogP contribution in [0, 0.1) is 5.82 Å². The van der Waals surface area contributed by atoms with Gasteiger partial charge in [0.05, 0.1) is 5.69 Å². The van der Waals surface area contributed by atoms with Gasteiger partial charge in [0.15, 0.2) is 0 Å². The van der Waals surface area contributed by atoms with Crippen molar-refractivity contribution in [2.45, 2.75) is 13.1 Å². The first kappa shape index (κ1) is 17.0. The molecule has 0 aliphatic carbocycles. The van der Waals surface area contributed by atoms with Gasteiger partial charge >= 0.3 is 0 Å². The van der Waals surface area contributed by atoms with Gasteiger partial charge in [-0.15, -0.1) is 0 Å². The minimum absolute atomic E-state index is 0.183. The molecule has 3 nitrogen and oxygen atoms in total. The second-order valence-electron chi connectivity index (χ2n) is 6.86. The summed E-state index contributed by atoms with van der Waals surface area (Å²) in [6.45, 7) is 6.07. The van der Waals surface area contributed by atoms with Gasteiger partial charge in [0.25, 0.3) is 0 Å². The number of piperazine rings is 1. The fourth-order valence-electron chi connectivity index (χ4n) is 3.60. The van der Waals surface area contributed by atoms with E-state index < -0.39 is 0 Å². The Kier molecular flexibility index (Phi) is 5.14. The van der Waals surface area contributed by atoms with Gasteiger partial charge in [0.2, 0.25) is 0 Å². The number of hydrogen-bond acceptors (Lipinski definition) is 2. The molecule has 0 N–H and O–H groups in total. The molecule has 26 heavy (non-hydrogen) atoms. The smallest absolute Gasteiger partial charge is 0.147 e. The highest BCUT2D eigenvalue weighted by atomic mass is 19.1. The van der Waals surface area contributed by atoms with Crippen molar-refractivity contribution >= 4 is 0 Å². The van der Waals surface area contributed by atoms with Crippen molar-refractivity contribution in [2.75, 3.05) is 26.2 Å². The Balaban J connectivity index is 1.37. The van der Waals surface area contributed by atoms with Gasteiger partial charge in [0, 0.05) is 51.2 Å². The van der Waals surface area contributed by atoms with Crippen molar-refractivity contribution in [3.63, 3.8) is 0 Å². The summed E-state index contributed by atoms with van der Waals surface area (Å²) in [5, 5.41) is 0. The van der Waals surface area contributed by atoms with E-state index in [-0.39, 0.29) is 5.82 Å². The van der Waals surface area contributed by atoms with Crippen LogP contribution in [-0.4, -0.2) is 40.5 Å². The van der Waals surface area contributed by atoms with Crippen LogP contribution in [0.25, 0.3) is 5.69 Å². The average Bonchev–Trinajstić information content (AvgIpc) is 3.12. The summed E-state index contributed by atoms with van der Waals surface area (Å²) in [4.78, 5) is 4.95. The van der Waals surface area contributed by atoms with Gasteiger partial charge in [0.1, 0.15) is 5.82 Å². The number of aromatic nitrogens is 1. The molecule has 3 aromatic rings. The molecule has 1 saturated heterocycles. The maximum absolute atomic E-state index is 14.1. The molecule has 0 unspecified atom stereocenters. The van der Waals surface area contributed by atoms with E-state index >= 15 is 0 Å². The van der Waals surface area contributed by atoms with Crippen LogP contribution in [0.4, 0.5) is 4.39 Å². The molecule has 1 aromatic heterocycles. The van der Waals surface area contributed by atoms with E-state index in [0.717, 1.165) is 45.0 Å². The second-order valence-corrected chi connectivity index (χ2v) is 6.86. The first-order chi connectivity index (χ1) is 12.8. The summed E-state index contributed by atoms with van der Waals surface area (Å²) >= 11 is 0. The molecule has 2 heterocycles. The molecule has 0 amide bonds. The molecule has 134 valence electrons. The number of benzene rings is 2. The van der Waals surface area contributed by atoms with Crippen LogP contribution in [0.2, 0.25) is 0 Å². The monoisotopic (exact) mass is 349 g/mol. The molecule has 0 saturated carbocycles. The Labute approximate surface area is 154 Å². The van der Waals surface area contributed by atoms with Crippen molar-refractivity contribution < 1.29 is 4.39 Å². The maximum Gasteiger partial charge on any atom is 0.147 e. The van der Waals surface area contributed by atoms with E-state index in [4.69, 9.17) is 0 Å². The summed E-state index contributed by atoms with van der Waals surface area (Å²) in [5.41, 5.74) is 3.12. The van der Waals surface area contributed by atoms with E-state index in [1.807, 2.05) is 29.0 Å². The van der Waals surface area contributed by atoms with Crippen LogP contribution in [0.5, 0.6) is 0 Å². The zero-order valence-electron chi connectivity index (χ0n) is 14.9. The molecule has 0 atom stereocenters. The van der Waals surface area contributed by atoms with Crippen molar-refractivity contribution in [1.82, 2.24) is 14.4 Å². The lowest BCUT2D eigenvalue weighted by Crippen LogP contribution is -2.45. The molecule has 1 aliphatic rings. The Hall–Kier alpha value is -2.43. The number of hydrogen-bond donors (Lipinski definition) is 0. The van der Waals surface area contributed by atoms with E-state index in [0.29, 0.717) is 5.69 Å². The van der Waals surface area contributed by atoms with Gasteiger partial charge in [-0.25, -0.2) is 4.39 Å². The Morgan fingerprint density at radius 3 is 2.08 bits per heavy atom. The fourth-order valence-corrected chi connectivity index (χ4v) is 3.60. The van der Waals surface area contributed by atoms with E-state index in [1.54, 1.807) is 6.07 Å². The summed E-state index contributed by atoms with van der Waals surface area (Å²) in [6.07, 6.45) is 1.94. The predicted octanol–water partition coefficient (Wildman–Crippen LogP) is 3.93. The molecule has 0 radical (unpaired) electrons. The summed E-state index contributed by atoms with van der Waals surface area (Å²) in [7, 11) is 0. The lowest BCUT2D eigenvalue weighted by atomic mass is 10.2. The molecule has 1 fully saturated rings. The average molecular weight is 349 g/mol. The SMILES string of the molecule is Fc1ccccc1-n1cccc1CN1CCN(Cc2ccccc2)CC1. The van der Waals surface area contributed by atoms with Crippen LogP contribution in [-0.2, 0) is 13.1 Å². The highest BCUT2D eigenvalue weighted by Gasteiger charge is 2.18. The first-order valence-corrected chi connectivity index (χ1v) is 9.19. The molecule has 0 spiro atoms. The third kappa shape index (κ3) is 3.87. The molecule has 1 aliphatic heterocycles. The Morgan fingerprint density at radius 2 is 1.35 bits per heavy atom. The standard InChI is InChI=1S/C22H24FN3/c23-21-10-4-5-11-22(21)26-12-6-9-20(26)18-25-15-13-24(14-16-25)17-19-7-2-1-3-8-19/h1-12H,13-18H2. The van der Waals surface area contributed by atoms with Gasteiger partial charge < -0.3 is 4.57 Å². The fraction of sp³-hybridized carbons (Fsp3) is 0.273. The van der Waals surface area contributed by atoms with Crippen molar-refractivity contribution in [2.24, 2.45) is 0 Å². The van der Waals surface area contributed by atoms with Gasteiger partial charge in [-0.2, -0.15) is 0 Å². The maximum atomic E-state index is 14.1. The van der Waals surface area contributed by atoms with E-state index in [2.05, 4.69) is 46.2 Å². The van der Waals surface area contributed by atoms with Crippen LogP contribution >= 0.6 is 0 Å². The van der Waals surface area contributed by atoms with Crippen molar-refractivity contribution in [3.8, 4) is 5.69 Å². The first-order valence-electron chi connectivity index (χ1n) is 9.19. The molecule has 4 heteroatoms. The molecular formula is C22H24FN3. The normalized spacial score (nSPS) is 16.0. The highest BCUT2D eigenvalue weighted by Crippen LogP contribution is 2.18. The zero-order chi connectivity index (χ0) is 17.8. The van der Waals surface area contributed by atoms with E-state index in [1.165, 1.54) is 11.6 Å². The zero-order valence-corrected chi connectivity index (χ0v) is 14.9. The topological polar surface area (TPSA) is 11.4 Å². The van der Waals surface area contributed by atoms with E-state index in [9.17, 15) is 4.39 Å². The van der Waals surface area contributed by atoms with Gasteiger partial charge in [-0.05, 0) is 29.8 Å².